The summed E-state index contributed by atoms with van der Waals surface area (Å²) >= 11 is 0. The van der Waals surface area contributed by atoms with Crippen molar-refractivity contribution in [3.05, 3.63) is 145 Å². The number of aromatic nitrogens is 2. The number of imidazole rings is 1. The first kappa shape index (κ1) is 21.4. The van der Waals surface area contributed by atoms with Crippen LogP contribution in [0.25, 0.3) is 0 Å². The molecule has 2 nitrogen and oxygen atoms in total. The summed E-state index contributed by atoms with van der Waals surface area (Å²) in [6.45, 7) is 0.865. The predicted octanol–water partition coefficient (Wildman–Crippen LogP) is 5.47. The molecule has 162 valence electrons. The van der Waals surface area contributed by atoms with Crippen LogP contribution >= 0.6 is 7.92 Å². The van der Waals surface area contributed by atoms with E-state index in [9.17, 15) is 0 Å². The fourth-order valence-corrected chi connectivity index (χ4v) is 6.57. The van der Waals surface area contributed by atoms with Crippen LogP contribution in [0, 0.1) is 0 Å². The number of benzene rings is 4. The van der Waals surface area contributed by atoms with Gasteiger partial charge in [0.2, 0.25) is 0 Å². The second-order valence-electron chi connectivity index (χ2n) is 8.17. The first-order chi connectivity index (χ1) is 16.4. The van der Waals surface area contributed by atoms with E-state index < -0.39 is 7.92 Å². The third kappa shape index (κ3) is 5.30. The summed E-state index contributed by atoms with van der Waals surface area (Å²) in [7, 11) is -0.575. The van der Waals surface area contributed by atoms with Crippen molar-refractivity contribution >= 4 is 23.8 Å². The molecule has 0 saturated heterocycles. The average Bonchev–Trinajstić information content (AvgIpc) is 3.32. The van der Waals surface area contributed by atoms with Gasteiger partial charge >= 0.3 is 0 Å². The molecule has 0 fully saturated rings. The van der Waals surface area contributed by atoms with Crippen molar-refractivity contribution in [3.8, 4) is 0 Å². The number of hydrogen-bond acceptors (Lipinski definition) is 1. The molecule has 0 aliphatic heterocycles. The van der Waals surface area contributed by atoms with Gasteiger partial charge in [-0.2, -0.15) is 0 Å². The first-order valence-electron chi connectivity index (χ1n) is 11.4. The second-order valence-corrected chi connectivity index (χ2v) is 10.4. The van der Waals surface area contributed by atoms with Crippen molar-refractivity contribution in [2.75, 3.05) is 0 Å². The van der Waals surface area contributed by atoms with Crippen LogP contribution in [0.2, 0.25) is 0 Å². The number of aryl methyl sites for hydroxylation is 2. The van der Waals surface area contributed by atoms with Gasteiger partial charge < -0.3 is 4.57 Å². The molecule has 0 aliphatic carbocycles. The van der Waals surface area contributed by atoms with Crippen LogP contribution in [-0.2, 0) is 19.4 Å². The number of nitrogens with zero attached hydrogens (tertiary/aromatic N) is 2. The third-order valence-corrected chi connectivity index (χ3v) is 8.29. The van der Waals surface area contributed by atoms with Crippen LogP contribution in [0.5, 0.6) is 0 Å². The van der Waals surface area contributed by atoms with Crippen LogP contribution in [-0.4, -0.2) is 9.55 Å². The summed E-state index contributed by atoms with van der Waals surface area (Å²) in [5.41, 5.74) is 3.95. The van der Waals surface area contributed by atoms with Crippen LogP contribution in [0.4, 0.5) is 0 Å². The van der Waals surface area contributed by atoms with Gasteiger partial charge in [0, 0.05) is 18.4 Å². The highest BCUT2D eigenvalue weighted by Crippen LogP contribution is 2.32. The minimum atomic E-state index is -0.575. The molecular weight excluding hydrogens is 419 g/mol. The molecule has 1 aromatic heterocycles. The van der Waals surface area contributed by atoms with E-state index >= 15 is 0 Å². The molecule has 3 heteroatoms. The van der Waals surface area contributed by atoms with E-state index in [0.717, 1.165) is 19.4 Å². The topological polar surface area (TPSA) is 17.8 Å². The summed E-state index contributed by atoms with van der Waals surface area (Å²) in [6, 6.07) is 41.5. The quantitative estimate of drug-likeness (QED) is 0.289. The fourth-order valence-electron chi connectivity index (χ4n) is 4.20. The van der Waals surface area contributed by atoms with E-state index in [-0.39, 0.29) is 0 Å². The fraction of sp³-hybridized carbons (Fsp3) is 0.100. The molecule has 0 N–H and O–H groups in total. The Morgan fingerprint density at radius 3 is 1.82 bits per heavy atom. The Balaban J connectivity index is 1.37. The van der Waals surface area contributed by atoms with Gasteiger partial charge in [-0.25, -0.2) is 4.98 Å². The molecule has 0 aliphatic rings. The van der Waals surface area contributed by atoms with Crippen LogP contribution in [0.1, 0.15) is 16.8 Å². The second kappa shape index (κ2) is 10.4. The van der Waals surface area contributed by atoms with Crippen molar-refractivity contribution in [1.29, 1.82) is 0 Å². The highest BCUT2D eigenvalue weighted by molar-refractivity contribution is 7.79. The molecular formula is C30H27N2P. The van der Waals surface area contributed by atoms with E-state index in [0.29, 0.717) is 0 Å². The van der Waals surface area contributed by atoms with Crippen molar-refractivity contribution in [1.82, 2.24) is 9.55 Å². The lowest BCUT2D eigenvalue weighted by atomic mass is 10.1. The van der Waals surface area contributed by atoms with Gasteiger partial charge in [0.05, 0.1) is 6.33 Å². The van der Waals surface area contributed by atoms with E-state index in [1.807, 2.05) is 12.5 Å². The maximum absolute atomic E-state index is 4.42. The lowest BCUT2D eigenvalue weighted by Gasteiger charge is -2.20. The third-order valence-electron chi connectivity index (χ3n) is 5.86. The minimum absolute atomic E-state index is 0.575. The molecule has 0 radical (unpaired) electrons. The van der Waals surface area contributed by atoms with Crippen molar-refractivity contribution in [2.45, 2.75) is 19.4 Å². The summed E-state index contributed by atoms with van der Waals surface area (Å²) in [6.07, 6.45) is 5.93. The molecule has 0 atom stereocenters. The van der Waals surface area contributed by atoms with Gasteiger partial charge in [0.15, 0.2) is 0 Å². The van der Waals surface area contributed by atoms with Gasteiger partial charge in [-0.15, -0.1) is 0 Å². The van der Waals surface area contributed by atoms with Gasteiger partial charge in [0.1, 0.15) is 0 Å². The van der Waals surface area contributed by atoms with Gasteiger partial charge in [-0.05, 0) is 47.8 Å². The molecule has 0 bridgehead atoms. The first-order valence-corrected chi connectivity index (χ1v) is 12.7. The number of rotatable bonds is 8. The van der Waals surface area contributed by atoms with Gasteiger partial charge in [0.25, 0.3) is 0 Å². The monoisotopic (exact) mass is 446 g/mol. The Kier molecular flexibility index (Phi) is 6.75. The maximum Gasteiger partial charge on any atom is 0.0951 e. The Hall–Kier alpha value is -3.48. The van der Waals surface area contributed by atoms with Crippen molar-refractivity contribution < 1.29 is 0 Å². The molecule has 5 aromatic rings. The predicted molar refractivity (Wildman–Crippen MR) is 140 cm³/mol. The maximum atomic E-state index is 4.42. The summed E-state index contributed by atoms with van der Waals surface area (Å²) in [5.74, 6) is 0. The number of hydrogen-bond donors (Lipinski definition) is 0. The Bertz CT molecular complexity index is 1240. The Morgan fingerprint density at radius 1 is 0.576 bits per heavy atom. The SMILES string of the molecule is c1ccc(Cn2cncc2CCc2cccc(P(c3ccccc3)c3ccccc3)c2)cc1. The van der Waals surface area contributed by atoms with Crippen LogP contribution in [0.15, 0.2) is 128 Å². The molecule has 1 heterocycles. The van der Waals surface area contributed by atoms with E-state index in [1.54, 1.807) is 0 Å². The zero-order chi connectivity index (χ0) is 22.3. The van der Waals surface area contributed by atoms with Crippen molar-refractivity contribution in [2.24, 2.45) is 0 Å². The summed E-state index contributed by atoms with van der Waals surface area (Å²) < 4.78 is 2.26. The molecule has 4 aromatic carbocycles. The van der Waals surface area contributed by atoms with Crippen LogP contribution in [0.3, 0.4) is 0 Å². The Labute approximate surface area is 197 Å². The highest BCUT2D eigenvalue weighted by Gasteiger charge is 2.16. The largest absolute Gasteiger partial charge is 0.330 e. The summed E-state index contributed by atoms with van der Waals surface area (Å²) in [5, 5.41) is 4.17. The van der Waals surface area contributed by atoms with Gasteiger partial charge in [-0.1, -0.05) is 115 Å². The highest BCUT2D eigenvalue weighted by atomic mass is 31.1. The van der Waals surface area contributed by atoms with Crippen LogP contribution < -0.4 is 15.9 Å². The lowest BCUT2D eigenvalue weighted by Crippen LogP contribution is -2.20. The Morgan fingerprint density at radius 2 is 1.15 bits per heavy atom. The minimum Gasteiger partial charge on any atom is -0.330 e. The molecule has 0 saturated carbocycles. The van der Waals surface area contributed by atoms with E-state index in [2.05, 4.69) is 125 Å². The summed E-state index contributed by atoms with van der Waals surface area (Å²) in [4.78, 5) is 4.42. The average molecular weight is 447 g/mol. The van der Waals surface area contributed by atoms with Gasteiger partial charge in [-0.3, -0.25) is 0 Å². The molecule has 5 rings (SSSR count). The molecule has 0 unspecified atom stereocenters. The van der Waals surface area contributed by atoms with E-state index in [1.165, 1.54) is 32.7 Å². The standard InChI is InChI=1S/C30H27N2P/c1-4-11-26(12-5-1)23-32-24-31-22-27(32)20-19-25-13-10-18-30(21-25)33(28-14-6-2-7-15-28)29-16-8-3-9-17-29/h1-18,21-22,24H,19-20,23H2. The normalized spacial score (nSPS) is 11.1. The molecule has 33 heavy (non-hydrogen) atoms. The lowest BCUT2D eigenvalue weighted by molar-refractivity contribution is 0.729. The van der Waals surface area contributed by atoms with E-state index in [4.69, 9.17) is 0 Å². The smallest absolute Gasteiger partial charge is 0.0951 e. The zero-order valence-corrected chi connectivity index (χ0v) is 19.5. The zero-order valence-electron chi connectivity index (χ0n) is 18.6. The van der Waals surface area contributed by atoms with Crippen molar-refractivity contribution in [3.63, 3.8) is 0 Å². The molecule has 0 amide bonds. The molecule has 0 spiro atoms.